The number of ether oxygens (including phenoxy) is 1. The number of nitrogens with zero attached hydrogens (tertiary/aromatic N) is 2. The van der Waals surface area contributed by atoms with E-state index in [-0.39, 0.29) is 11.8 Å². The first-order valence-corrected chi connectivity index (χ1v) is 8.02. The Morgan fingerprint density at radius 1 is 1.22 bits per heavy atom. The minimum Gasteiger partial charge on any atom is -0.459 e. The van der Waals surface area contributed by atoms with Crippen LogP contribution in [0, 0.1) is 0 Å². The lowest BCUT2D eigenvalue weighted by atomic mass is 10.2. The van der Waals surface area contributed by atoms with E-state index in [9.17, 15) is 9.59 Å². The molecule has 0 aromatic carbocycles. The van der Waals surface area contributed by atoms with Gasteiger partial charge in [0.05, 0.1) is 6.26 Å². The Bertz CT molecular complexity index is 482. The molecular weight excluding hydrogens is 298 g/mol. The summed E-state index contributed by atoms with van der Waals surface area (Å²) in [6.07, 6.45) is 2.92. The standard InChI is InChI=1S/C16H25N3O4/c1-22-12-3-6-17-7-5-15(20)18-8-10-19(11-9-18)16(21)14-4-2-13-23-14/h2,4,13,17H,3,5-12H2,1H3. The van der Waals surface area contributed by atoms with Crippen LogP contribution in [0.25, 0.3) is 0 Å². The zero-order valence-corrected chi connectivity index (χ0v) is 13.6. The van der Waals surface area contributed by atoms with Gasteiger partial charge in [0.1, 0.15) is 0 Å². The first-order chi connectivity index (χ1) is 11.2. The maximum atomic E-state index is 12.1. The third-order valence-electron chi connectivity index (χ3n) is 3.87. The molecule has 0 unspecified atom stereocenters. The summed E-state index contributed by atoms with van der Waals surface area (Å²) in [5.74, 6) is 0.376. The van der Waals surface area contributed by atoms with E-state index >= 15 is 0 Å². The molecule has 0 bridgehead atoms. The predicted octanol–water partition coefficient (Wildman–Crippen LogP) is 0.580. The lowest BCUT2D eigenvalue weighted by Gasteiger charge is -2.34. The summed E-state index contributed by atoms with van der Waals surface area (Å²) >= 11 is 0. The van der Waals surface area contributed by atoms with Crippen molar-refractivity contribution in [1.82, 2.24) is 15.1 Å². The second kappa shape index (κ2) is 9.32. The molecule has 128 valence electrons. The van der Waals surface area contributed by atoms with Gasteiger partial charge in [-0.1, -0.05) is 0 Å². The molecule has 1 aliphatic rings. The molecule has 2 rings (SSSR count). The number of rotatable bonds is 8. The molecule has 0 saturated carbocycles. The molecule has 1 saturated heterocycles. The first-order valence-electron chi connectivity index (χ1n) is 8.02. The van der Waals surface area contributed by atoms with Crippen LogP contribution in [0.2, 0.25) is 0 Å². The summed E-state index contributed by atoms with van der Waals surface area (Å²) < 4.78 is 10.1. The highest BCUT2D eigenvalue weighted by molar-refractivity contribution is 5.91. The zero-order chi connectivity index (χ0) is 16.5. The minimum absolute atomic E-state index is 0.109. The van der Waals surface area contributed by atoms with Gasteiger partial charge in [-0.3, -0.25) is 9.59 Å². The van der Waals surface area contributed by atoms with Gasteiger partial charge in [-0.05, 0) is 25.1 Å². The van der Waals surface area contributed by atoms with Crippen LogP contribution in [0.1, 0.15) is 23.4 Å². The molecule has 0 spiro atoms. The Morgan fingerprint density at radius 3 is 2.61 bits per heavy atom. The quantitative estimate of drug-likeness (QED) is 0.708. The number of nitrogens with one attached hydrogen (secondary N) is 1. The van der Waals surface area contributed by atoms with E-state index in [1.54, 1.807) is 24.1 Å². The molecule has 1 aromatic heterocycles. The first kappa shape index (κ1) is 17.5. The number of carbonyl (C=O) groups is 2. The molecule has 7 heteroatoms. The number of amides is 2. The Hall–Kier alpha value is -1.86. The fourth-order valence-corrected chi connectivity index (χ4v) is 2.53. The average Bonchev–Trinajstić information content (AvgIpc) is 3.12. The Balaban J connectivity index is 1.64. The summed E-state index contributed by atoms with van der Waals surface area (Å²) in [7, 11) is 1.68. The summed E-state index contributed by atoms with van der Waals surface area (Å²) in [5, 5.41) is 3.23. The van der Waals surface area contributed by atoms with Crippen molar-refractivity contribution in [3.8, 4) is 0 Å². The molecule has 1 N–H and O–H groups in total. The van der Waals surface area contributed by atoms with Gasteiger partial charge in [0.2, 0.25) is 5.91 Å². The number of furan rings is 1. The maximum absolute atomic E-state index is 12.1. The molecular formula is C16H25N3O4. The van der Waals surface area contributed by atoms with Crippen molar-refractivity contribution < 1.29 is 18.7 Å². The largest absolute Gasteiger partial charge is 0.459 e. The second-order valence-electron chi connectivity index (χ2n) is 5.50. The summed E-state index contributed by atoms with van der Waals surface area (Å²) in [6, 6.07) is 3.36. The van der Waals surface area contributed by atoms with E-state index < -0.39 is 0 Å². The molecule has 2 amide bonds. The number of piperazine rings is 1. The SMILES string of the molecule is COCCCNCCC(=O)N1CCN(C(=O)c2ccco2)CC1. The van der Waals surface area contributed by atoms with E-state index in [1.807, 2.05) is 4.90 Å². The molecule has 0 atom stereocenters. The molecule has 23 heavy (non-hydrogen) atoms. The topological polar surface area (TPSA) is 75.0 Å². The van der Waals surface area contributed by atoms with Crippen LogP contribution in [0.5, 0.6) is 0 Å². The number of carbonyl (C=O) groups excluding carboxylic acids is 2. The molecule has 0 aliphatic carbocycles. The van der Waals surface area contributed by atoms with Crippen molar-refractivity contribution in [1.29, 1.82) is 0 Å². The molecule has 7 nitrogen and oxygen atoms in total. The monoisotopic (exact) mass is 323 g/mol. The van der Waals surface area contributed by atoms with Gasteiger partial charge < -0.3 is 24.3 Å². The molecule has 1 aliphatic heterocycles. The fraction of sp³-hybridized carbons (Fsp3) is 0.625. The van der Waals surface area contributed by atoms with Gasteiger partial charge in [0.25, 0.3) is 5.91 Å². The normalized spacial score (nSPS) is 15.0. The Labute approximate surface area is 136 Å². The molecule has 1 aromatic rings. The highest BCUT2D eigenvalue weighted by Crippen LogP contribution is 2.10. The fourth-order valence-electron chi connectivity index (χ4n) is 2.53. The van der Waals surface area contributed by atoms with Crippen LogP contribution >= 0.6 is 0 Å². The van der Waals surface area contributed by atoms with Crippen LogP contribution in [-0.2, 0) is 9.53 Å². The third kappa shape index (κ3) is 5.37. The van der Waals surface area contributed by atoms with E-state index in [1.165, 1.54) is 6.26 Å². The van der Waals surface area contributed by atoms with Crippen LogP contribution < -0.4 is 5.32 Å². The van der Waals surface area contributed by atoms with E-state index in [4.69, 9.17) is 9.15 Å². The lowest BCUT2D eigenvalue weighted by molar-refractivity contribution is -0.132. The van der Waals surface area contributed by atoms with Crippen molar-refractivity contribution in [2.45, 2.75) is 12.8 Å². The third-order valence-corrected chi connectivity index (χ3v) is 3.87. The number of methoxy groups -OCH3 is 1. The molecule has 1 fully saturated rings. The Kier molecular flexibility index (Phi) is 7.09. The van der Waals surface area contributed by atoms with Crippen molar-refractivity contribution in [2.24, 2.45) is 0 Å². The lowest BCUT2D eigenvalue weighted by Crippen LogP contribution is -2.50. The summed E-state index contributed by atoms with van der Waals surface area (Å²) in [4.78, 5) is 27.8. The van der Waals surface area contributed by atoms with Crippen LogP contribution in [0.15, 0.2) is 22.8 Å². The highest BCUT2D eigenvalue weighted by Gasteiger charge is 2.25. The summed E-state index contributed by atoms with van der Waals surface area (Å²) in [5.41, 5.74) is 0. The highest BCUT2D eigenvalue weighted by atomic mass is 16.5. The molecule has 2 heterocycles. The predicted molar refractivity (Wildman–Crippen MR) is 85.2 cm³/mol. The van der Waals surface area contributed by atoms with Gasteiger partial charge in [-0.25, -0.2) is 0 Å². The zero-order valence-electron chi connectivity index (χ0n) is 13.6. The maximum Gasteiger partial charge on any atom is 0.289 e. The minimum atomic E-state index is -0.109. The molecule has 0 radical (unpaired) electrons. The van der Waals surface area contributed by atoms with Gasteiger partial charge in [-0.15, -0.1) is 0 Å². The summed E-state index contributed by atoms with van der Waals surface area (Å²) in [6.45, 7) is 4.51. The van der Waals surface area contributed by atoms with Crippen LogP contribution in [0.3, 0.4) is 0 Å². The second-order valence-corrected chi connectivity index (χ2v) is 5.50. The van der Waals surface area contributed by atoms with Crippen LogP contribution in [-0.4, -0.2) is 74.6 Å². The number of hydrogen-bond donors (Lipinski definition) is 1. The van der Waals surface area contributed by atoms with Crippen molar-refractivity contribution in [3.05, 3.63) is 24.2 Å². The Morgan fingerprint density at radius 2 is 1.96 bits per heavy atom. The van der Waals surface area contributed by atoms with E-state index in [2.05, 4.69) is 5.32 Å². The van der Waals surface area contributed by atoms with Gasteiger partial charge in [0, 0.05) is 52.9 Å². The van der Waals surface area contributed by atoms with Crippen molar-refractivity contribution in [2.75, 3.05) is 53.0 Å². The van der Waals surface area contributed by atoms with Crippen LogP contribution in [0.4, 0.5) is 0 Å². The van der Waals surface area contributed by atoms with Gasteiger partial charge in [0.15, 0.2) is 5.76 Å². The van der Waals surface area contributed by atoms with Gasteiger partial charge in [-0.2, -0.15) is 0 Å². The van der Waals surface area contributed by atoms with Gasteiger partial charge >= 0.3 is 0 Å². The van der Waals surface area contributed by atoms with Crippen molar-refractivity contribution in [3.63, 3.8) is 0 Å². The van der Waals surface area contributed by atoms with Crippen molar-refractivity contribution >= 4 is 11.8 Å². The van der Waals surface area contributed by atoms with E-state index in [0.717, 1.165) is 19.6 Å². The number of hydrogen-bond acceptors (Lipinski definition) is 5. The average molecular weight is 323 g/mol. The smallest absolute Gasteiger partial charge is 0.289 e. The van der Waals surface area contributed by atoms with E-state index in [0.29, 0.717) is 44.9 Å².